The van der Waals surface area contributed by atoms with E-state index in [1.54, 1.807) is 7.11 Å². The number of hydrogen-bond acceptors (Lipinski definition) is 3. The van der Waals surface area contributed by atoms with Crippen LogP contribution in [0, 0.1) is 4.77 Å². The maximum atomic E-state index is 5.49. The van der Waals surface area contributed by atoms with E-state index in [1.165, 1.54) is 25.8 Å². The lowest BCUT2D eigenvalue weighted by atomic mass is 10.0. The van der Waals surface area contributed by atoms with Crippen LogP contribution in [0.1, 0.15) is 19.3 Å². The first kappa shape index (κ1) is 13.6. The Balaban J connectivity index is 1.97. The number of fused-ring (bicyclic) bond motifs is 1. The van der Waals surface area contributed by atoms with Crippen molar-refractivity contribution in [3.05, 3.63) is 23.0 Å². The molecule has 0 saturated carbocycles. The Morgan fingerprint density at radius 1 is 1.40 bits per heavy atom. The first-order chi connectivity index (χ1) is 9.69. The van der Waals surface area contributed by atoms with Gasteiger partial charge < -0.3 is 19.2 Å². The van der Waals surface area contributed by atoms with E-state index in [9.17, 15) is 0 Å². The summed E-state index contributed by atoms with van der Waals surface area (Å²) in [5.74, 6) is 0.872. The van der Waals surface area contributed by atoms with Crippen molar-refractivity contribution in [3.8, 4) is 5.75 Å². The van der Waals surface area contributed by atoms with E-state index in [2.05, 4.69) is 27.6 Å². The average Bonchev–Trinajstić information content (AvgIpc) is 2.77. The number of H-pyrrole nitrogens is 1. The van der Waals surface area contributed by atoms with E-state index in [1.807, 2.05) is 12.1 Å². The Bertz CT molecular complexity index is 661. The molecule has 5 heteroatoms. The summed E-state index contributed by atoms with van der Waals surface area (Å²) >= 11 is 5.49. The van der Waals surface area contributed by atoms with Gasteiger partial charge in [0.15, 0.2) is 4.77 Å². The van der Waals surface area contributed by atoms with Crippen molar-refractivity contribution in [3.63, 3.8) is 0 Å². The highest BCUT2D eigenvalue weighted by Crippen LogP contribution is 2.23. The lowest BCUT2D eigenvalue weighted by Crippen LogP contribution is -2.39. The molecule has 108 valence electrons. The number of methoxy groups -OCH3 is 1. The molecule has 0 bridgehead atoms. The van der Waals surface area contributed by atoms with Gasteiger partial charge in [-0.3, -0.25) is 0 Å². The van der Waals surface area contributed by atoms with E-state index >= 15 is 0 Å². The van der Waals surface area contributed by atoms with Gasteiger partial charge in [-0.1, -0.05) is 6.42 Å². The van der Waals surface area contributed by atoms with Gasteiger partial charge in [-0.25, -0.2) is 0 Å². The minimum absolute atomic E-state index is 0.570. The van der Waals surface area contributed by atoms with Crippen LogP contribution < -0.4 is 4.74 Å². The molecule has 1 unspecified atom stereocenters. The number of nitrogens with one attached hydrogen (secondary N) is 1. The molecule has 2 heterocycles. The number of rotatable bonds is 3. The highest BCUT2D eigenvalue weighted by Gasteiger charge is 2.20. The fraction of sp³-hybridized carbons (Fsp3) is 0.533. The molecule has 0 spiro atoms. The molecule has 20 heavy (non-hydrogen) atoms. The van der Waals surface area contributed by atoms with Gasteiger partial charge in [-0.15, -0.1) is 0 Å². The van der Waals surface area contributed by atoms with Crippen molar-refractivity contribution >= 4 is 23.3 Å². The standard InChI is InChI=1S/C15H21N3OS/c1-17-8-4-3-5-11(17)10-18-14-9-12(19-2)6-7-13(14)16-15(18)20/h6-7,9,11H,3-5,8,10H2,1-2H3,(H,16,20). The summed E-state index contributed by atoms with van der Waals surface area (Å²) in [4.78, 5) is 5.74. The Morgan fingerprint density at radius 2 is 2.25 bits per heavy atom. The van der Waals surface area contributed by atoms with Crippen LogP contribution >= 0.6 is 12.2 Å². The number of nitrogens with zero attached hydrogens (tertiary/aromatic N) is 2. The Hall–Kier alpha value is -1.33. The largest absolute Gasteiger partial charge is 0.497 e. The molecule has 1 aromatic heterocycles. The number of ether oxygens (including phenoxy) is 1. The number of likely N-dealkylation sites (N-methyl/N-ethyl adjacent to an activating group) is 1. The molecule has 0 aliphatic carbocycles. The molecule has 1 saturated heterocycles. The SMILES string of the molecule is COc1ccc2[nH]c(=S)n(CC3CCCCN3C)c2c1. The van der Waals surface area contributed by atoms with Gasteiger partial charge in [0.05, 0.1) is 18.1 Å². The van der Waals surface area contributed by atoms with E-state index in [-0.39, 0.29) is 0 Å². The fourth-order valence-corrected chi connectivity index (χ4v) is 3.31. The van der Waals surface area contributed by atoms with Gasteiger partial charge >= 0.3 is 0 Å². The molecule has 2 aromatic rings. The third-order valence-corrected chi connectivity index (χ3v) is 4.62. The minimum atomic E-state index is 0.570. The third kappa shape index (κ3) is 2.47. The summed E-state index contributed by atoms with van der Waals surface area (Å²) in [5, 5.41) is 0. The fourth-order valence-electron chi connectivity index (χ4n) is 3.03. The maximum Gasteiger partial charge on any atom is 0.178 e. The molecule has 4 nitrogen and oxygen atoms in total. The second-order valence-electron chi connectivity index (χ2n) is 5.55. The predicted molar refractivity (Wildman–Crippen MR) is 83.9 cm³/mol. The van der Waals surface area contributed by atoms with Crippen LogP contribution in [0.25, 0.3) is 11.0 Å². The maximum absolute atomic E-state index is 5.49. The average molecular weight is 291 g/mol. The molecule has 0 amide bonds. The molecule has 0 radical (unpaired) electrons. The van der Waals surface area contributed by atoms with E-state index in [0.29, 0.717) is 6.04 Å². The van der Waals surface area contributed by atoms with Gasteiger partial charge in [-0.05, 0) is 50.8 Å². The number of aromatic amines is 1. The normalized spacial score (nSPS) is 20.4. The molecular weight excluding hydrogens is 270 g/mol. The minimum Gasteiger partial charge on any atom is -0.497 e. The van der Waals surface area contributed by atoms with Gasteiger partial charge in [-0.2, -0.15) is 0 Å². The first-order valence-electron chi connectivity index (χ1n) is 7.16. The monoisotopic (exact) mass is 291 g/mol. The summed E-state index contributed by atoms with van der Waals surface area (Å²) in [5.41, 5.74) is 2.21. The van der Waals surface area contributed by atoms with Gasteiger partial charge in [0.25, 0.3) is 0 Å². The summed E-state index contributed by atoms with van der Waals surface area (Å²) in [6.07, 6.45) is 3.86. The van der Waals surface area contributed by atoms with Crippen molar-refractivity contribution in [2.45, 2.75) is 31.8 Å². The molecule has 3 rings (SSSR count). The summed E-state index contributed by atoms with van der Waals surface area (Å²) in [6, 6.07) is 6.63. The van der Waals surface area contributed by atoms with E-state index in [0.717, 1.165) is 28.1 Å². The number of aromatic nitrogens is 2. The zero-order valence-corrected chi connectivity index (χ0v) is 12.9. The highest BCUT2D eigenvalue weighted by molar-refractivity contribution is 7.71. The smallest absolute Gasteiger partial charge is 0.178 e. The summed E-state index contributed by atoms with van der Waals surface area (Å²) < 4.78 is 8.33. The zero-order valence-electron chi connectivity index (χ0n) is 12.1. The van der Waals surface area contributed by atoms with E-state index in [4.69, 9.17) is 17.0 Å². The quantitative estimate of drug-likeness (QED) is 0.882. The number of benzene rings is 1. The van der Waals surface area contributed by atoms with Crippen LogP contribution in [0.3, 0.4) is 0 Å². The molecular formula is C15H21N3OS. The summed E-state index contributed by atoms with van der Waals surface area (Å²) in [6.45, 7) is 2.13. The number of imidazole rings is 1. The van der Waals surface area contributed by atoms with Crippen LogP contribution in [0.4, 0.5) is 0 Å². The molecule has 1 aromatic carbocycles. The lowest BCUT2D eigenvalue weighted by Gasteiger charge is -2.32. The molecule has 1 atom stereocenters. The van der Waals surface area contributed by atoms with Crippen LogP contribution in [0.5, 0.6) is 5.75 Å². The predicted octanol–water partition coefficient (Wildman–Crippen LogP) is 3.19. The zero-order chi connectivity index (χ0) is 14.1. The van der Waals surface area contributed by atoms with E-state index < -0.39 is 0 Å². The number of piperidine rings is 1. The van der Waals surface area contributed by atoms with Crippen molar-refractivity contribution in [2.75, 3.05) is 20.7 Å². The van der Waals surface area contributed by atoms with Gasteiger partial charge in [0.2, 0.25) is 0 Å². The van der Waals surface area contributed by atoms with Gasteiger partial charge in [0.1, 0.15) is 5.75 Å². The van der Waals surface area contributed by atoms with Crippen LogP contribution in [0.15, 0.2) is 18.2 Å². The van der Waals surface area contributed by atoms with Gasteiger partial charge in [0, 0.05) is 18.7 Å². The highest BCUT2D eigenvalue weighted by atomic mass is 32.1. The second kappa shape index (κ2) is 5.58. The van der Waals surface area contributed by atoms with Crippen LogP contribution in [-0.2, 0) is 6.54 Å². The van der Waals surface area contributed by atoms with Crippen molar-refractivity contribution in [2.24, 2.45) is 0 Å². The molecule has 1 N–H and O–H groups in total. The van der Waals surface area contributed by atoms with Crippen molar-refractivity contribution < 1.29 is 4.74 Å². The second-order valence-corrected chi connectivity index (χ2v) is 5.94. The Labute approximate surface area is 124 Å². The summed E-state index contributed by atoms with van der Waals surface area (Å²) in [7, 11) is 3.91. The molecule has 1 aliphatic rings. The van der Waals surface area contributed by atoms with Crippen molar-refractivity contribution in [1.29, 1.82) is 0 Å². The third-order valence-electron chi connectivity index (χ3n) is 4.30. The van der Waals surface area contributed by atoms with Crippen LogP contribution in [0.2, 0.25) is 0 Å². The van der Waals surface area contributed by atoms with Crippen LogP contribution in [-0.4, -0.2) is 41.2 Å². The Morgan fingerprint density at radius 3 is 3.00 bits per heavy atom. The Kier molecular flexibility index (Phi) is 3.81. The number of likely N-dealkylation sites (tertiary alicyclic amines) is 1. The first-order valence-corrected chi connectivity index (χ1v) is 7.56. The topological polar surface area (TPSA) is 33.2 Å². The lowest BCUT2D eigenvalue weighted by molar-refractivity contribution is 0.168. The molecule has 1 aliphatic heterocycles. The number of hydrogen-bond donors (Lipinski definition) is 1. The van der Waals surface area contributed by atoms with Crippen molar-refractivity contribution in [1.82, 2.24) is 14.5 Å². The molecule has 1 fully saturated rings.